The minimum Gasteiger partial charge on any atom is -0.310 e. The summed E-state index contributed by atoms with van der Waals surface area (Å²) in [5.41, 5.74) is 1.27. The van der Waals surface area contributed by atoms with E-state index in [1.54, 1.807) is 0 Å². The lowest BCUT2D eigenvalue weighted by Gasteiger charge is -2.15. The van der Waals surface area contributed by atoms with Gasteiger partial charge in [0.2, 0.25) is 0 Å². The smallest absolute Gasteiger partial charge is 0.123 e. The predicted octanol–water partition coefficient (Wildman–Crippen LogP) is 2.98. The van der Waals surface area contributed by atoms with Gasteiger partial charge in [0, 0.05) is 12.6 Å². The van der Waals surface area contributed by atoms with Gasteiger partial charge in [-0.3, -0.25) is 0 Å². The third-order valence-electron chi connectivity index (χ3n) is 2.75. The van der Waals surface area contributed by atoms with Crippen molar-refractivity contribution in [3.63, 3.8) is 0 Å². The van der Waals surface area contributed by atoms with Crippen molar-refractivity contribution in [2.45, 2.75) is 39.3 Å². The van der Waals surface area contributed by atoms with Crippen LogP contribution in [0.15, 0.2) is 18.2 Å². The van der Waals surface area contributed by atoms with Crippen molar-refractivity contribution in [2.24, 2.45) is 0 Å². The SMILES string of the molecule is CCC(CC)NCc1cc(F)ccc1C#N. The van der Waals surface area contributed by atoms with Crippen molar-refractivity contribution in [3.8, 4) is 6.07 Å². The Morgan fingerprint density at radius 1 is 1.38 bits per heavy atom. The number of halogens is 1. The van der Waals surface area contributed by atoms with E-state index in [2.05, 4.69) is 25.2 Å². The zero-order chi connectivity index (χ0) is 12.0. The van der Waals surface area contributed by atoms with Crippen molar-refractivity contribution in [2.75, 3.05) is 0 Å². The molecule has 16 heavy (non-hydrogen) atoms. The van der Waals surface area contributed by atoms with Gasteiger partial charge in [0.05, 0.1) is 11.6 Å². The van der Waals surface area contributed by atoms with E-state index < -0.39 is 0 Å². The summed E-state index contributed by atoms with van der Waals surface area (Å²) < 4.78 is 13.0. The molecule has 1 aromatic rings. The van der Waals surface area contributed by atoms with Crippen LogP contribution in [0.25, 0.3) is 0 Å². The number of hydrogen-bond donors (Lipinski definition) is 1. The second-order valence-corrected chi connectivity index (χ2v) is 3.81. The van der Waals surface area contributed by atoms with Crippen LogP contribution >= 0.6 is 0 Å². The van der Waals surface area contributed by atoms with Gasteiger partial charge in [0.25, 0.3) is 0 Å². The highest BCUT2D eigenvalue weighted by atomic mass is 19.1. The third kappa shape index (κ3) is 3.32. The zero-order valence-corrected chi connectivity index (χ0v) is 9.76. The summed E-state index contributed by atoms with van der Waals surface area (Å²) in [4.78, 5) is 0. The van der Waals surface area contributed by atoms with Gasteiger partial charge in [-0.05, 0) is 36.6 Å². The first kappa shape index (κ1) is 12.7. The van der Waals surface area contributed by atoms with Crippen molar-refractivity contribution in [1.82, 2.24) is 5.32 Å². The molecule has 1 rings (SSSR count). The molecule has 0 radical (unpaired) electrons. The summed E-state index contributed by atoms with van der Waals surface area (Å²) in [5, 5.41) is 12.2. The quantitative estimate of drug-likeness (QED) is 0.828. The van der Waals surface area contributed by atoms with E-state index >= 15 is 0 Å². The highest BCUT2D eigenvalue weighted by Gasteiger charge is 2.06. The predicted molar refractivity (Wildman–Crippen MR) is 62.3 cm³/mol. The van der Waals surface area contributed by atoms with E-state index in [-0.39, 0.29) is 5.82 Å². The maximum atomic E-state index is 13.0. The fourth-order valence-corrected chi connectivity index (χ4v) is 1.65. The van der Waals surface area contributed by atoms with Crippen molar-refractivity contribution in [1.29, 1.82) is 5.26 Å². The van der Waals surface area contributed by atoms with Crippen molar-refractivity contribution in [3.05, 3.63) is 35.1 Å². The molecule has 0 unspecified atom stereocenters. The number of hydrogen-bond acceptors (Lipinski definition) is 2. The highest BCUT2D eigenvalue weighted by molar-refractivity contribution is 5.37. The van der Waals surface area contributed by atoms with E-state index in [4.69, 9.17) is 5.26 Å². The molecule has 0 aromatic heterocycles. The molecule has 3 heteroatoms. The van der Waals surface area contributed by atoms with E-state index in [0.29, 0.717) is 18.2 Å². The van der Waals surface area contributed by atoms with Crippen LogP contribution in [0, 0.1) is 17.1 Å². The summed E-state index contributed by atoms with van der Waals surface area (Å²) in [6.07, 6.45) is 2.07. The first-order chi connectivity index (χ1) is 7.71. The van der Waals surface area contributed by atoms with Crippen LogP contribution in [0.3, 0.4) is 0 Å². The fourth-order valence-electron chi connectivity index (χ4n) is 1.65. The first-order valence-corrected chi connectivity index (χ1v) is 5.63. The molecule has 0 saturated carbocycles. The van der Waals surface area contributed by atoms with Crippen LogP contribution in [0.1, 0.15) is 37.8 Å². The monoisotopic (exact) mass is 220 g/mol. The van der Waals surface area contributed by atoms with E-state index in [1.807, 2.05) is 0 Å². The molecule has 0 saturated heterocycles. The van der Waals surface area contributed by atoms with Gasteiger partial charge < -0.3 is 5.32 Å². The fraction of sp³-hybridized carbons (Fsp3) is 0.462. The molecule has 0 spiro atoms. The standard InChI is InChI=1S/C13H17FN2/c1-3-13(4-2)16-9-11-7-12(14)6-5-10(11)8-15/h5-7,13,16H,3-4,9H2,1-2H3. The first-order valence-electron chi connectivity index (χ1n) is 5.63. The second-order valence-electron chi connectivity index (χ2n) is 3.81. The van der Waals surface area contributed by atoms with Crippen LogP contribution < -0.4 is 5.32 Å². The Morgan fingerprint density at radius 3 is 2.62 bits per heavy atom. The van der Waals surface area contributed by atoms with Gasteiger partial charge in [-0.15, -0.1) is 0 Å². The number of rotatable bonds is 5. The van der Waals surface area contributed by atoms with Crippen molar-refractivity contribution < 1.29 is 4.39 Å². The minimum absolute atomic E-state index is 0.291. The average molecular weight is 220 g/mol. The number of nitrogens with one attached hydrogen (secondary N) is 1. The molecule has 0 aliphatic rings. The topological polar surface area (TPSA) is 35.8 Å². The summed E-state index contributed by atoms with van der Waals surface area (Å²) >= 11 is 0. The second kappa shape index (κ2) is 6.24. The Bertz CT molecular complexity index is 378. The third-order valence-corrected chi connectivity index (χ3v) is 2.75. The van der Waals surface area contributed by atoms with E-state index in [0.717, 1.165) is 18.4 Å². The number of benzene rings is 1. The van der Waals surface area contributed by atoms with Gasteiger partial charge in [0.1, 0.15) is 5.82 Å². The van der Waals surface area contributed by atoms with Crippen LogP contribution in [0.2, 0.25) is 0 Å². The molecular formula is C13H17FN2. The molecular weight excluding hydrogens is 203 g/mol. The maximum absolute atomic E-state index is 13.0. The van der Waals surface area contributed by atoms with Crippen LogP contribution in [-0.2, 0) is 6.54 Å². The Morgan fingerprint density at radius 2 is 2.06 bits per heavy atom. The molecule has 0 amide bonds. The molecule has 0 atom stereocenters. The molecule has 1 aromatic carbocycles. The summed E-state index contributed by atoms with van der Waals surface area (Å²) in [6.45, 7) is 4.77. The Balaban J connectivity index is 2.73. The van der Waals surface area contributed by atoms with Crippen LogP contribution in [0.5, 0.6) is 0 Å². The van der Waals surface area contributed by atoms with Gasteiger partial charge in [-0.25, -0.2) is 4.39 Å². The lowest BCUT2D eigenvalue weighted by Crippen LogP contribution is -2.27. The molecule has 0 bridgehead atoms. The van der Waals surface area contributed by atoms with Crippen LogP contribution in [-0.4, -0.2) is 6.04 Å². The molecule has 0 heterocycles. The molecule has 1 N–H and O–H groups in total. The van der Waals surface area contributed by atoms with E-state index in [1.165, 1.54) is 18.2 Å². The summed E-state index contributed by atoms with van der Waals surface area (Å²) in [7, 11) is 0. The Hall–Kier alpha value is -1.40. The van der Waals surface area contributed by atoms with Crippen molar-refractivity contribution >= 4 is 0 Å². The molecule has 2 nitrogen and oxygen atoms in total. The molecule has 0 fully saturated rings. The molecule has 0 aliphatic carbocycles. The number of nitrogens with zero attached hydrogens (tertiary/aromatic N) is 1. The van der Waals surface area contributed by atoms with E-state index in [9.17, 15) is 4.39 Å². The summed E-state index contributed by atoms with van der Waals surface area (Å²) in [6, 6.07) is 6.77. The Labute approximate surface area is 96.1 Å². The molecule has 0 aliphatic heterocycles. The minimum atomic E-state index is -0.291. The van der Waals surface area contributed by atoms with Gasteiger partial charge in [0.15, 0.2) is 0 Å². The van der Waals surface area contributed by atoms with Gasteiger partial charge >= 0.3 is 0 Å². The lowest BCUT2D eigenvalue weighted by atomic mass is 10.1. The average Bonchev–Trinajstić information content (AvgIpc) is 2.30. The van der Waals surface area contributed by atoms with Crippen LogP contribution in [0.4, 0.5) is 4.39 Å². The maximum Gasteiger partial charge on any atom is 0.123 e. The zero-order valence-electron chi connectivity index (χ0n) is 9.76. The molecule has 86 valence electrons. The largest absolute Gasteiger partial charge is 0.310 e. The lowest BCUT2D eigenvalue weighted by molar-refractivity contribution is 0.483. The Kier molecular flexibility index (Phi) is 4.94. The highest BCUT2D eigenvalue weighted by Crippen LogP contribution is 2.11. The normalized spacial score (nSPS) is 10.4. The van der Waals surface area contributed by atoms with Gasteiger partial charge in [-0.2, -0.15) is 5.26 Å². The van der Waals surface area contributed by atoms with Gasteiger partial charge in [-0.1, -0.05) is 13.8 Å². The number of nitriles is 1. The summed E-state index contributed by atoms with van der Waals surface area (Å²) in [5.74, 6) is -0.291.